The Morgan fingerprint density at radius 3 is 1.09 bits per heavy atom. The van der Waals surface area contributed by atoms with Crippen LogP contribution in [0.15, 0.2) is 60.7 Å². The van der Waals surface area contributed by atoms with Crippen molar-refractivity contribution in [2.75, 3.05) is 11.5 Å². The van der Waals surface area contributed by atoms with Crippen molar-refractivity contribution in [3.8, 4) is 0 Å². The standard InChI is InChI=1S/C42H66N4O10S2/c1-27(2)35(45-33(47)21-23-57(53,54)41(5,6)7)39(51)43-31(25-29-17-13-11-14-18-29)37(49)38(50)32(26-30-19-15-12-16-20-30)44-40(52)36(28(3)4)46-34(48)22-24-58(55,56)42(8,9)10/h11-20,27-28,31-32,35-38,49-50H,21-26H2,1-10H3,(H,43,51)(H,44,52)(H,45,47)(H,46,48)/t31-,32-,35-,36-,37+,38+/m0/s1. The number of aliphatic hydroxyl groups is 2. The summed E-state index contributed by atoms with van der Waals surface area (Å²) < 4.78 is 48.4. The molecule has 6 atom stereocenters. The van der Waals surface area contributed by atoms with Gasteiger partial charge in [-0.15, -0.1) is 0 Å². The molecule has 58 heavy (non-hydrogen) atoms. The van der Waals surface area contributed by atoms with Crippen LogP contribution in [0.25, 0.3) is 0 Å². The fourth-order valence-corrected chi connectivity index (χ4v) is 8.03. The number of rotatable bonds is 21. The van der Waals surface area contributed by atoms with E-state index in [1.807, 2.05) is 0 Å². The van der Waals surface area contributed by atoms with Gasteiger partial charge < -0.3 is 31.5 Å². The summed E-state index contributed by atoms with van der Waals surface area (Å²) in [4.78, 5) is 53.7. The number of nitrogens with one attached hydrogen (secondary N) is 4. The summed E-state index contributed by atoms with van der Waals surface area (Å²) >= 11 is 0. The van der Waals surface area contributed by atoms with Gasteiger partial charge in [-0.2, -0.15) is 0 Å². The summed E-state index contributed by atoms with van der Waals surface area (Å²) in [5.41, 5.74) is 1.41. The van der Waals surface area contributed by atoms with Gasteiger partial charge in [0.25, 0.3) is 0 Å². The van der Waals surface area contributed by atoms with Crippen molar-refractivity contribution >= 4 is 43.3 Å². The molecule has 6 N–H and O–H groups in total. The predicted molar refractivity (Wildman–Crippen MR) is 226 cm³/mol. The molecule has 2 aromatic rings. The van der Waals surface area contributed by atoms with Crippen LogP contribution in [-0.4, -0.2) is 108 Å². The lowest BCUT2D eigenvalue weighted by Gasteiger charge is -2.35. The van der Waals surface area contributed by atoms with E-state index in [2.05, 4.69) is 21.3 Å². The lowest BCUT2D eigenvalue weighted by atomic mass is 9.90. The zero-order valence-electron chi connectivity index (χ0n) is 35.6. The molecule has 2 aromatic carbocycles. The van der Waals surface area contributed by atoms with Crippen LogP contribution in [0.5, 0.6) is 0 Å². The van der Waals surface area contributed by atoms with Crippen molar-refractivity contribution in [2.24, 2.45) is 11.8 Å². The molecule has 326 valence electrons. The summed E-state index contributed by atoms with van der Waals surface area (Å²) in [6, 6.07) is 13.3. The van der Waals surface area contributed by atoms with E-state index in [1.54, 1.807) is 130 Å². The Morgan fingerprint density at radius 1 is 0.534 bits per heavy atom. The Kier molecular flexibility index (Phi) is 18.6. The van der Waals surface area contributed by atoms with Gasteiger partial charge in [0, 0.05) is 12.8 Å². The number of carbonyl (C=O) groups is 4. The Morgan fingerprint density at radius 2 is 0.828 bits per heavy atom. The van der Waals surface area contributed by atoms with Gasteiger partial charge in [-0.3, -0.25) is 19.2 Å². The Hall–Kier alpha value is -3.86. The van der Waals surface area contributed by atoms with E-state index in [9.17, 15) is 46.2 Å². The number of benzene rings is 2. The number of aliphatic hydroxyl groups excluding tert-OH is 2. The van der Waals surface area contributed by atoms with Crippen LogP contribution in [0.3, 0.4) is 0 Å². The minimum atomic E-state index is -3.61. The van der Waals surface area contributed by atoms with Crippen LogP contribution in [0.4, 0.5) is 0 Å². The van der Waals surface area contributed by atoms with Crippen molar-refractivity contribution in [1.82, 2.24) is 21.3 Å². The van der Waals surface area contributed by atoms with Gasteiger partial charge in [-0.05, 0) is 77.3 Å². The van der Waals surface area contributed by atoms with Crippen LogP contribution in [-0.2, 0) is 51.7 Å². The van der Waals surface area contributed by atoms with E-state index in [-0.39, 0.29) is 25.7 Å². The fourth-order valence-electron chi connectivity index (χ4n) is 5.90. The second-order valence-electron chi connectivity index (χ2n) is 17.5. The third-order valence-corrected chi connectivity index (χ3v) is 15.2. The zero-order chi connectivity index (χ0) is 44.2. The molecule has 2 rings (SSSR count). The van der Waals surface area contributed by atoms with E-state index >= 15 is 0 Å². The summed E-state index contributed by atoms with van der Waals surface area (Å²) in [5.74, 6) is -4.36. The van der Waals surface area contributed by atoms with Crippen LogP contribution in [0.2, 0.25) is 0 Å². The summed E-state index contributed by atoms with van der Waals surface area (Å²) in [6.45, 7) is 16.1. The molecule has 0 aliphatic carbocycles. The van der Waals surface area contributed by atoms with Crippen molar-refractivity contribution in [3.63, 3.8) is 0 Å². The van der Waals surface area contributed by atoms with Crippen molar-refractivity contribution in [2.45, 2.75) is 141 Å². The fraction of sp³-hybridized carbons (Fsp3) is 0.619. The molecule has 14 nitrogen and oxygen atoms in total. The van der Waals surface area contributed by atoms with Gasteiger partial charge in [0.05, 0.1) is 33.1 Å². The highest BCUT2D eigenvalue weighted by Crippen LogP contribution is 2.20. The van der Waals surface area contributed by atoms with Crippen LogP contribution in [0, 0.1) is 11.8 Å². The van der Waals surface area contributed by atoms with E-state index in [0.29, 0.717) is 11.1 Å². The maximum absolute atomic E-state index is 13.9. The number of amides is 4. The van der Waals surface area contributed by atoms with Gasteiger partial charge in [0.15, 0.2) is 19.7 Å². The normalized spacial score (nSPS) is 15.8. The highest BCUT2D eigenvalue weighted by Gasteiger charge is 2.38. The molecule has 0 saturated heterocycles. The molecule has 0 aliphatic rings. The summed E-state index contributed by atoms with van der Waals surface area (Å²) in [7, 11) is -7.21. The van der Waals surface area contributed by atoms with Crippen LogP contribution >= 0.6 is 0 Å². The molecule has 0 spiro atoms. The first kappa shape index (κ1) is 50.3. The lowest BCUT2D eigenvalue weighted by molar-refractivity contribution is -0.133. The molecule has 0 radical (unpaired) electrons. The van der Waals surface area contributed by atoms with Crippen molar-refractivity contribution < 1.29 is 46.2 Å². The van der Waals surface area contributed by atoms with Gasteiger partial charge >= 0.3 is 0 Å². The average molecular weight is 851 g/mol. The monoisotopic (exact) mass is 850 g/mol. The second-order valence-corrected chi connectivity index (χ2v) is 23.3. The first-order chi connectivity index (χ1) is 26.7. The first-order valence-corrected chi connectivity index (χ1v) is 23.0. The van der Waals surface area contributed by atoms with Crippen LogP contribution < -0.4 is 21.3 Å². The number of hydrogen-bond donors (Lipinski definition) is 6. The first-order valence-electron chi connectivity index (χ1n) is 19.7. The van der Waals surface area contributed by atoms with E-state index in [1.165, 1.54) is 0 Å². The lowest BCUT2D eigenvalue weighted by Crippen LogP contribution is -2.61. The molecule has 16 heteroatoms. The highest BCUT2D eigenvalue weighted by atomic mass is 32.2. The molecule has 0 fully saturated rings. The molecular formula is C42H66N4O10S2. The third-order valence-electron chi connectivity index (χ3n) is 10.0. The molecule has 0 heterocycles. The number of hydrogen-bond acceptors (Lipinski definition) is 10. The average Bonchev–Trinajstić information content (AvgIpc) is 3.12. The molecule has 0 aromatic heterocycles. The van der Waals surface area contributed by atoms with Gasteiger partial charge in [-0.25, -0.2) is 16.8 Å². The molecule has 0 aliphatic heterocycles. The van der Waals surface area contributed by atoms with Gasteiger partial charge in [0.2, 0.25) is 23.6 Å². The SMILES string of the molecule is CC(C)[C@H](NC(=O)CCS(=O)(=O)C(C)(C)C)C(=O)N[C@@H](Cc1ccccc1)[C@@H](O)[C@H](O)[C@H](Cc1ccccc1)NC(=O)[C@@H](NC(=O)CCS(=O)(=O)C(C)(C)C)C(C)C. The third kappa shape index (κ3) is 15.4. The second kappa shape index (κ2) is 21.4. The number of carbonyl (C=O) groups excluding carboxylic acids is 4. The van der Waals surface area contributed by atoms with Crippen LogP contribution in [0.1, 0.15) is 93.2 Å². The Labute approximate surface area is 345 Å². The quantitative estimate of drug-likeness (QED) is 0.108. The minimum Gasteiger partial charge on any atom is -0.388 e. The maximum Gasteiger partial charge on any atom is 0.243 e. The Balaban J connectivity index is 2.41. The molecule has 0 unspecified atom stereocenters. The summed E-state index contributed by atoms with van der Waals surface area (Å²) in [5, 5.41) is 34.7. The maximum atomic E-state index is 13.9. The largest absolute Gasteiger partial charge is 0.388 e. The molecular weight excluding hydrogens is 785 g/mol. The van der Waals surface area contributed by atoms with E-state index < -0.39 is 113 Å². The van der Waals surface area contributed by atoms with Gasteiger partial charge in [0.1, 0.15) is 24.3 Å². The summed E-state index contributed by atoms with van der Waals surface area (Å²) in [6.07, 6.45) is -4.01. The Bertz CT molecular complexity index is 1740. The topological polar surface area (TPSA) is 225 Å². The zero-order valence-corrected chi connectivity index (χ0v) is 37.2. The number of sulfone groups is 2. The van der Waals surface area contributed by atoms with Crippen molar-refractivity contribution in [1.29, 1.82) is 0 Å². The highest BCUT2D eigenvalue weighted by molar-refractivity contribution is 7.93. The van der Waals surface area contributed by atoms with E-state index in [0.717, 1.165) is 0 Å². The van der Waals surface area contributed by atoms with Crippen molar-refractivity contribution in [3.05, 3.63) is 71.8 Å². The predicted octanol–water partition coefficient (Wildman–Crippen LogP) is 2.65. The molecule has 0 saturated carbocycles. The van der Waals surface area contributed by atoms with Gasteiger partial charge in [-0.1, -0.05) is 88.4 Å². The molecule has 4 amide bonds. The smallest absolute Gasteiger partial charge is 0.243 e. The van der Waals surface area contributed by atoms with E-state index in [4.69, 9.17) is 0 Å². The molecule has 0 bridgehead atoms. The minimum absolute atomic E-state index is 0.0432.